The molecule has 1 aromatic heterocycles. The predicted octanol–water partition coefficient (Wildman–Crippen LogP) is 4.81. The number of carboxylic acids is 1. The minimum Gasteiger partial charge on any atom is -0.478 e. The van der Waals surface area contributed by atoms with Gasteiger partial charge in [-0.1, -0.05) is 69.7 Å². The molecule has 3 rings (SSSR count). The number of nitrogens with zero attached hydrogens (tertiary/aromatic N) is 2. The van der Waals surface area contributed by atoms with Gasteiger partial charge in [0.25, 0.3) is 0 Å². The molecule has 0 fully saturated rings. The Morgan fingerprint density at radius 3 is 2.33 bits per heavy atom. The zero-order valence-corrected chi connectivity index (χ0v) is 17.6. The van der Waals surface area contributed by atoms with Gasteiger partial charge in [0, 0.05) is 6.54 Å². The fraction of sp³-hybridized carbons (Fsp3) is 0.333. The predicted molar refractivity (Wildman–Crippen MR) is 115 cm³/mol. The van der Waals surface area contributed by atoms with Crippen LogP contribution in [0, 0.1) is 11.9 Å². The highest BCUT2D eigenvalue weighted by Crippen LogP contribution is 2.24. The van der Waals surface area contributed by atoms with Crippen LogP contribution in [0.15, 0.2) is 53.3 Å². The maximum absolute atomic E-state index is 14.9. The molecule has 158 valence electrons. The Morgan fingerprint density at radius 2 is 1.73 bits per heavy atom. The standard InChI is InChI=1S/C24H27FN2O3/c1-4-7-21-22(25)27(14-16(2)3)24(30)26(21)15-17-10-12-18(13-11-17)19-8-5-6-9-20(19)23(28)29/h5-6,8-13,16H,4,7,14-15H2,1-3H3,(H,28,29). The summed E-state index contributed by atoms with van der Waals surface area (Å²) in [7, 11) is 0. The molecule has 0 atom stereocenters. The Kier molecular flexibility index (Phi) is 6.55. The quantitative estimate of drug-likeness (QED) is 0.580. The number of hydrogen-bond acceptors (Lipinski definition) is 2. The third kappa shape index (κ3) is 4.37. The number of halogens is 1. The monoisotopic (exact) mass is 410 g/mol. The fourth-order valence-electron chi connectivity index (χ4n) is 3.67. The van der Waals surface area contributed by atoms with E-state index < -0.39 is 11.9 Å². The van der Waals surface area contributed by atoms with Crippen LogP contribution in [-0.2, 0) is 19.5 Å². The smallest absolute Gasteiger partial charge is 0.336 e. The average Bonchev–Trinajstić information content (AvgIpc) is 2.93. The van der Waals surface area contributed by atoms with Crippen LogP contribution in [0.5, 0.6) is 0 Å². The summed E-state index contributed by atoms with van der Waals surface area (Å²) in [5.41, 5.74) is 2.61. The Morgan fingerprint density at radius 1 is 1.07 bits per heavy atom. The van der Waals surface area contributed by atoms with Gasteiger partial charge >= 0.3 is 11.7 Å². The first-order valence-corrected chi connectivity index (χ1v) is 10.2. The molecule has 1 N–H and O–H groups in total. The van der Waals surface area contributed by atoms with Crippen molar-refractivity contribution < 1.29 is 14.3 Å². The molecule has 0 saturated heterocycles. The summed E-state index contributed by atoms with van der Waals surface area (Å²) < 4.78 is 17.6. The Balaban J connectivity index is 1.94. The van der Waals surface area contributed by atoms with E-state index in [2.05, 4.69) is 0 Å². The number of rotatable bonds is 8. The summed E-state index contributed by atoms with van der Waals surface area (Å²) in [6, 6.07) is 14.2. The lowest BCUT2D eigenvalue weighted by Crippen LogP contribution is -2.27. The molecule has 2 aromatic carbocycles. The molecule has 0 aliphatic rings. The zero-order chi connectivity index (χ0) is 21.8. The van der Waals surface area contributed by atoms with Crippen molar-refractivity contribution in [3.63, 3.8) is 0 Å². The van der Waals surface area contributed by atoms with Gasteiger partial charge < -0.3 is 5.11 Å². The van der Waals surface area contributed by atoms with Crippen LogP contribution in [0.3, 0.4) is 0 Å². The van der Waals surface area contributed by atoms with Crippen molar-refractivity contribution in [2.24, 2.45) is 5.92 Å². The maximum Gasteiger partial charge on any atom is 0.336 e. The van der Waals surface area contributed by atoms with Crippen LogP contribution < -0.4 is 5.69 Å². The number of carbonyl (C=O) groups is 1. The molecule has 0 spiro atoms. The molecule has 0 aliphatic carbocycles. The Labute approximate surface area is 175 Å². The Hall–Kier alpha value is -3.15. The van der Waals surface area contributed by atoms with E-state index in [1.165, 1.54) is 9.13 Å². The Bertz CT molecular complexity index is 1090. The minimum absolute atomic E-state index is 0.163. The first-order chi connectivity index (χ1) is 14.3. The van der Waals surface area contributed by atoms with Crippen LogP contribution in [0.25, 0.3) is 11.1 Å². The third-order valence-corrected chi connectivity index (χ3v) is 5.06. The van der Waals surface area contributed by atoms with E-state index >= 15 is 0 Å². The summed E-state index contributed by atoms with van der Waals surface area (Å²) >= 11 is 0. The normalized spacial score (nSPS) is 11.2. The number of aromatic carboxylic acids is 1. The number of benzene rings is 2. The largest absolute Gasteiger partial charge is 0.478 e. The van der Waals surface area contributed by atoms with Crippen molar-refractivity contribution in [3.8, 4) is 11.1 Å². The van der Waals surface area contributed by atoms with Gasteiger partial charge in [-0.05, 0) is 35.1 Å². The number of hydrogen-bond donors (Lipinski definition) is 1. The molecule has 6 heteroatoms. The molecule has 0 unspecified atom stereocenters. The van der Waals surface area contributed by atoms with E-state index in [0.29, 0.717) is 24.2 Å². The van der Waals surface area contributed by atoms with Crippen molar-refractivity contribution in [1.29, 1.82) is 0 Å². The highest BCUT2D eigenvalue weighted by molar-refractivity contribution is 5.95. The molecule has 0 bridgehead atoms. The van der Waals surface area contributed by atoms with Crippen LogP contribution in [-0.4, -0.2) is 20.2 Å². The van der Waals surface area contributed by atoms with E-state index in [-0.39, 0.29) is 23.7 Å². The van der Waals surface area contributed by atoms with Gasteiger partial charge in [-0.3, -0.25) is 9.13 Å². The molecular formula is C24H27FN2O3. The molecule has 0 radical (unpaired) electrons. The molecule has 5 nitrogen and oxygen atoms in total. The van der Waals surface area contributed by atoms with Gasteiger partial charge in [0.1, 0.15) is 0 Å². The summed E-state index contributed by atoms with van der Waals surface area (Å²) in [6.45, 7) is 6.49. The van der Waals surface area contributed by atoms with Gasteiger partial charge in [-0.15, -0.1) is 0 Å². The molecule has 3 aromatic rings. The molecule has 0 saturated carbocycles. The van der Waals surface area contributed by atoms with Gasteiger partial charge in [-0.2, -0.15) is 4.39 Å². The minimum atomic E-state index is -0.979. The van der Waals surface area contributed by atoms with E-state index in [9.17, 15) is 19.1 Å². The van der Waals surface area contributed by atoms with Gasteiger partial charge in [0.2, 0.25) is 5.95 Å². The van der Waals surface area contributed by atoms with E-state index in [1.54, 1.807) is 24.3 Å². The van der Waals surface area contributed by atoms with E-state index in [4.69, 9.17) is 0 Å². The van der Waals surface area contributed by atoms with Crippen LogP contribution in [0.2, 0.25) is 0 Å². The second-order valence-corrected chi connectivity index (χ2v) is 7.91. The van der Waals surface area contributed by atoms with Crippen molar-refractivity contribution in [1.82, 2.24) is 9.13 Å². The summed E-state index contributed by atoms with van der Waals surface area (Å²) in [5.74, 6) is -1.26. The summed E-state index contributed by atoms with van der Waals surface area (Å²) in [4.78, 5) is 24.3. The second kappa shape index (κ2) is 9.11. The molecule has 0 aliphatic heterocycles. The highest BCUT2D eigenvalue weighted by atomic mass is 19.1. The molecular weight excluding hydrogens is 383 g/mol. The summed E-state index contributed by atoms with van der Waals surface area (Å²) in [5, 5.41) is 9.40. The first kappa shape index (κ1) is 21.6. The van der Waals surface area contributed by atoms with Crippen molar-refractivity contribution >= 4 is 5.97 Å². The number of aromatic nitrogens is 2. The van der Waals surface area contributed by atoms with Crippen molar-refractivity contribution in [2.75, 3.05) is 0 Å². The lowest BCUT2D eigenvalue weighted by atomic mass is 9.99. The number of carboxylic acid groups (broad SMARTS) is 1. The van der Waals surface area contributed by atoms with Gasteiger partial charge in [0.15, 0.2) is 0 Å². The molecule has 1 heterocycles. The van der Waals surface area contributed by atoms with E-state index in [0.717, 1.165) is 17.5 Å². The molecule has 0 amide bonds. The zero-order valence-electron chi connectivity index (χ0n) is 17.6. The second-order valence-electron chi connectivity index (χ2n) is 7.91. The van der Waals surface area contributed by atoms with Crippen LogP contribution in [0.4, 0.5) is 4.39 Å². The van der Waals surface area contributed by atoms with Crippen LogP contribution >= 0.6 is 0 Å². The van der Waals surface area contributed by atoms with Crippen LogP contribution in [0.1, 0.15) is 48.8 Å². The fourth-order valence-corrected chi connectivity index (χ4v) is 3.67. The first-order valence-electron chi connectivity index (χ1n) is 10.2. The topological polar surface area (TPSA) is 64.2 Å². The summed E-state index contributed by atoms with van der Waals surface area (Å²) in [6.07, 6.45) is 1.24. The lowest BCUT2D eigenvalue weighted by Gasteiger charge is -2.09. The van der Waals surface area contributed by atoms with Gasteiger partial charge in [-0.25, -0.2) is 9.59 Å². The van der Waals surface area contributed by atoms with Crippen molar-refractivity contribution in [2.45, 2.75) is 46.7 Å². The number of imidazole rings is 1. The SMILES string of the molecule is CCCc1c(F)n(CC(C)C)c(=O)n1Cc1ccc(-c2ccccc2C(=O)O)cc1. The highest BCUT2D eigenvalue weighted by Gasteiger charge is 2.20. The lowest BCUT2D eigenvalue weighted by molar-refractivity contribution is 0.0697. The third-order valence-electron chi connectivity index (χ3n) is 5.06. The van der Waals surface area contributed by atoms with Gasteiger partial charge in [0.05, 0.1) is 17.8 Å². The maximum atomic E-state index is 14.9. The van der Waals surface area contributed by atoms with E-state index in [1.807, 2.05) is 45.0 Å². The van der Waals surface area contributed by atoms with Crippen molar-refractivity contribution in [3.05, 3.63) is 81.8 Å². The molecule has 30 heavy (non-hydrogen) atoms. The average molecular weight is 410 g/mol.